The summed E-state index contributed by atoms with van der Waals surface area (Å²) in [6.07, 6.45) is -68.8. The molecule has 1 radical (unpaired) electrons. The van der Waals surface area contributed by atoms with Crippen molar-refractivity contribution in [3.63, 3.8) is 0 Å². The zero-order valence-corrected chi connectivity index (χ0v) is 43.9. The third-order valence-electron chi connectivity index (χ3n) is 15.6. The lowest BCUT2D eigenvalue weighted by Crippen LogP contribution is -2.68. The SMILES string of the molecule is CC(C)(C)[B]CC1OC2OC3C(CO)OC(OC4C(CO)OC(OC5C(CO)OC(OC6C(CO)OC(OC7C(CO)OC(OC8C(CO)OC(OC1C(O)C2O)C(O)C8O)C(O)C7O)C(O)C6O)C(O)C5O)C(O)C4O)C(O)C3O. The molecule has 35 atom stereocenters. The Bertz CT molecular complexity index is 1940. The molecule has 0 aromatic carbocycles. The van der Waals surface area contributed by atoms with Gasteiger partial charge < -0.3 is 168 Å². The highest BCUT2D eigenvalue weighted by Gasteiger charge is 2.59. The Hall–Kier alpha value is -1.30. The first-order valence-electron chi connectivity index (χ1n) is 26.5. The summed E-state index contributed by atoms with van der Waals surface area (Å²) in [4.78, 5) is 0. The Kier molecular flexibility index (Phi) is 22.2. The molecule has 21 rings (SSSR count). The molecule has 35 unspecified atom stereocenters. The van der Waals surface area contributed by atoms with Crippen LogP contribution >= 0.6 is 0 Å². The number of hydrogen-bond acceptors (Lipinski definition) is 34. The second-order valence-electron chi connectivity index (χ2n) is 22.3. The molecule has 21 saturated heterocycles. The lowest BCUT2D eigenvalue weighted by Gasteiger charge is -2.50. The number of aliphatic hydroxyl groups excluding tert-OH is 20. The second-order valence-corrected chi connectivity index (χ2v) is 22.3. The molecular formula is C46H78BO34. The molecular weight excluding hydrogens is 1110 g/mol. The van der Waals surface area contributed by atoms with Gasteiger partial charge in [0.2, 0.25) is 0 Å². The standard InChI is InChI=1S/C46H78BO34/c1-46(2,3)47-4-11-32-18(54)25(61)39(68-11)76-33-12(5-48)70-41(27(63)20(33)56)78-35-14(7-50)72-43(29(65)22(35)58)80-37-16(9-52)74-45(31(67)24(37)60)81-38-17(10-53)73-44(30(66)23(38)59)79-36-15(8-51)71-42(28(64)21(36)57)77-34-13(6-49)69-40(75-32)26(62)19(34)55/h11-45,48-67H,4-10H2,1-3H3. The molecule has 0 spiro atoms. The molecule has 14 bridgehead atoms. The van der Waals surface area contributed by atoms with Gasteiger partial charge in [-0.15, -0.1) is 0 Å². The minimum atomic E-state index is -2.20. The van der Waals surface area contributed by atoms with Gasteiger partial charge >= 0.3 is 0 Å². The fourth-order valence-electron chi connectivity index (χ4n) is 10.9. The maximum absolute atomic E-state index is 11.7. The summed E-state index contributed by atoms with van der Waals surface area (Å²) in [5.74, 6) is 0. The predicted octanol–water partition coefficient (Wildman–Crippen LogP) is -12.9. The van der Waals surface area contributed by atoms with Gasteiger partial charge in [-0.25, -0.2) is 0 Å². The van der Waals surface area contributed by atoms with Crippen LogP contribution in [0.25, 0.3) is 0 Å². The molecule has 0 aromatic rings. The average molecular weight is 1190 g/mol. The van der Waals surface area contributed by atoms with Gasteiger partial charge in [0.1, 0.15) is 172 Å². The van der Waals surface area contributed by atoms with Crippen molar-refractivity contribution in [2.24, 2.45) is 0 Å². The van der Waals surface area contributed by atoms with E-state index < -0.39 is 260 Å². The third-order valence-corrected chi connectivity index (χ3v) is 15.6. The van der Waals surface area contributed by atoms with Gasteiger partial charge in [-0.1, -0.05) is 32.4 Å². The summed E-state index contributed by atoms with van der Waals surface area (Å²) in [5.41, 5.74) is 0. The van der Waals surface area contributed by atoms with Gasteiger partial charge in [0.05, 0.1) is 45.7 Å². The van der Waals surface area contributed by atoms with Gasteiger partial charge in [0, 0.05) is 0 Å². The van der Waals surface area contributed by atoms with Crippen LogP contribution in [0.2, 0.25) is 11.6 Å². The molecule has 0 aliphatic carbocycles. The topological polar surface area (TPSA) is 534 Å². The van der Waals surface area contributed by atoms with Crippen molar-refractivity contribution in [1.82, 2.24) is 0 Å². The monoisotopic (exact) mass is 1190 g/mol. The zero-order valence-electron chi connectivity index (χ0n) is 43.9. The molecule has 21 fully saturated rings. The summed E-state index contributed by atoms with van der Waals surface area (Å²) >= 11 is 0. The molecule has 0 saturated carbocycles. The van der Waals surface area contributed by atoms with E-state index in [0.29, 0.717) is 0 Å². The Balaban J connectivity index is 1.10. The molecule has 34 nitrogen and oxygen atoms in total. The highest BCUT2D eigenvalue weighted by Crippen LogP contribution is 2.40. The van der Waals surface area contributed by atoms with E-state index in [-0.39, 0.29) is 6.32 Å². The van der Waals surface area contributed by atoms with Crippen molar-refractivity contribution in [2.45, 2.75) is 247 Å². The first kappa shape index (κ1) is 65.7. The average Bonchev–Trinajstić information content (AvgIpc) is 3.48. The highest BCUT2D eigenvalue weighted by atomic mass is 16.8. The van der Waals surface area contributed by atoms with Crippen LogP contribution in [0.1, 0.15) is 20.8 Å². The van der Waals surface area contributed by atoms with Crippen molar-refractivity contribution in [3.05, 3.63) is 0 Å². The molecule has 0 aromatic heterocycles. The van der Waals surface area contributed by atoms with E-state index >= 15 is 0 Å². The van der Waals surface area contributed by atoms with E-state index in [9.17, 15) is 102 Å². The smallest absolute Gasteiger partial charge is 0.187 e. The van der Waals surface area contributed by atoms with Crippen LogP contribution < -0.4 is 0 Å². The van der Waals surface area contributed by atoms with Crippen LogP contribution in [0, 0.1) is 0 Å². The number of hydrogen-bond donors (Lipinski definition) is 20. The molecule has 21 aliphatic rings. The minimum Gasteiger partial charge on any atom is -0.394 e. The molecule has 20 N–H and O–H groups in total. The molecule has 469 valence electrons. The predicted molar refractivity (Wildman–Crippen MR) is 252 cm³/mol. The highest BCUT2D eigenvalue weighted by molar-refractivity contribution is 6.39. The summed E-state index contributed by atoms with van der Waals surface area (Å²) in [5, 5.41) is 222. The zero-order chi connectivity index (χ0) is 59.3. The van der Waals surface area contributed by atoms with Crippen molar-refractivity contribution in [1.29, 1.82) is 0 Å². The number of ether oxygens (including phenoxy) is 14. The van der Waals surface area contributed by atoms with Crippen molar-refractivity contribution < 1.29 is 168 Å². The molecule has 21 aliphatic heterocycles. The van der Waals surface area contributed by atoms with E-state index in [2.05, 4.69) is 0 Å². The molecule has 81 heavy (non-hydrogen) atoms. The van der Waals surface area contributed by atoms with Gasteiger partial charge in [0.25, 0.3) is 0 Å². The summed E-state index contributed by atoms with van der Waals surface area (Å²) in [6.45, 7) is -0.731. The fourth-order valence-corrected chi connectivity index (χ4v) is 10.9. The van der Waals surface area contributed by atoms with Crippen molar-refractivity contribution in [3.8, 4) is 0 Å². The van der Waals surface area contributed by atoms with E-state index in [1.807, 2.05) is 20.8 Å². The summed E-state index contributed by atoms with van der Waals surface area (Å²) in [6, 6.07) is 0. The molecule has 35 heteroatoms. The van der Waals surface area contributed by atoms with Crippen LogP contribution in [0.15, 0.2) is 0 Å². The second kappa shape index (κ2) is 27.4. The number of rotatable bonds is 8. The van der Waals surface area contributed by atoms with Crippen LogP contribution in [-0.2, 0) is 66.3 Å². The van der Waals surface area contributed by atoms with Crippen molar-refractivity contribution in [2.75, 3.05) is 39.6 Å². The van der Waals surface area contributed by atoms with Gasteiger partial charge in [0.15, 0.2) is 44.0 Å². The van der Waals surface area contributed by atoms with Crippen LogP contribution in [0.5, 0.6) is 0 Å². The van der Waals surface area contributed by atoms with Crippen LogP contribution in [0.3, 0.4) is 0 Å². The minimum absolute atomic E-state index is 0.113. The van der Waals surface area contributed by atoms with E-state index in [4.69, 9.17) is 66.3 Å². The lowest BCUT2D eigenvalue weighted by atomic mass is 9.52. The van der Waals surface area contributed by atoms with E-state index in [1.54, 1.807) is 7.28 Å². The van der Waals surface area contributed by atoms with Crippen LogP contribution in [-0.4, -0.2) is 364 Å². The van der Waals surface area contributed by atoms with Crippen molar-refractivity contribution >= 4 is 7.28 Å². The van der Waals surface area contributed by atoms with Crippen LogP contribution in [0.4, 0.5) is 0 Å². The first-order chi connectivity index (χ1) is 38.3. The summed E-state index contributed by atoms with van der Waals surface area (Å²) < 4.78 is 81.2. The number of aliphatic hydroxyl groups is 20. The lowest BCUT2D eigenvalue weighted by molar-refractivity contribution is -0.396. The summed E-state index contributed by atoms with van der Waals surface area (Å²) in [7, 11) is 1.72. The first-order valence-corrected chi connectivity index (χ1v) is 26.5. The Morgan fingerprint density at radius 1 is 0.235 bits per heavy atom. The maximum atomic E-state index is 11.7. The Labute approximate surface area is 462 Å². The fraction of sp³-hybridized carbons (Fsp3) is 1.00. The Morgan fingerprint density at radius 2 is 0.383 bits per heavy atom. The normalized spacial score (nSPS) is 53.4. The van der Waals surface area contributed by atoms with Gasteiger partial charge in [-0.2, -0.15) is 0 Å². The Morgan fingerprint density at radius 3 is 0.531 bits per heavy atom. The molecule has 21 heterocycles. The quantitative estimate of drug-likeness (QED) is 0.100. The third kappa shape index (κ3) is 13.6. The van der Waals surface area contributed by atoms with E-state index in [0.717, 1.165) is 0 Å². The van der Waals surface area contributed by atoms with Gasteiger partial charge in [-0.05, 0) is 0 Å². The van der Waals surface area contributed by atoms with E-state index in [1.165, 1.54) is 0 Å². The largest absolute Gasteiger partial charge is 0.394 e. The van der Waals surface area contributed by atoms with Gasteiger partial charge in [-0.3, -0.25) is 0 Å². The molecule has 0 amide bonds. The maximum Gasteiger partial charge on any atom is 0.187 e.